The van der Waals surface area contributed by atoms with Gasteiger partial charge in [-0.1, -0.05) is 84.0 Å². The van der Waals surface area contributed by atoms with Crippen molar-refractivity contribution in [3.8, 4) is 5.75 Å². The molecule has 6 heteroatoms. The maximum Gasteiger partial charge on any atom is 0.333 e. The first-order valence-corrected chi connectivity index (χ1v) is 15.1. The molecule has 218 valence electrons. The lowest BCUT2D eigenvalue weighted by Gasteiger charge is -2.25. The molecule has 1 atom stereocenters. The van der Waals surface area contributed by atoms with Gasteiger partial charge in [0, 0.05) is 22.6 Å². The molecule has 2 rings (SSSR count). The fourth-order valence-corrected chi connectivity index (χ4v) is 5.51. The summed E-state index contributed by atoms with van der Waals surface area (Å²) in [5.74, 6) is 1.86. The molecule has 0 spiro atoms. The highest BCUT2D eigenvalue weighted by molar-refractivity contribution is 7.99. The zero-order valence-electron chi connectivity index (χ0n) is 25.2. The summed E-state index contributed by atoms with van der Waals surface area (Å²) in [5.41, 5.74) is 4.44. The summed E-state index contributed by atoms with van der Waals surface area (Å²) in [6.45, 7) is 19.1. The Bertz CT molecular complexity index is 1110. The van der Waals surface area contributed by atoms with Gasteiger partial charge in [-0.05, 0) is 66.5 Å². The van der Waals surface area contributed by atoms with Crippen molar-refractivity contribution in [1.82, 2.24) is 0 Å². The first-order chi connectivity index (χ1) is 19.0. The van der Waals surface area contributed by atoms with Crippen LogP contribution >= 0.6 is 11.8 Å². The Morgan fingerprint density at radius 3 is 2.05 bits per heavy atom. The summed E-state index contributed by atoms with van der Waals surface area (Å²) in [5, 5.41) is 0. The maximum atomic E-state index is 12.6. The number of carbonyl (C=O) groups excluding carboxylic acids is 2. The summed E-state index contributed by atoms with van der Waals surface area (Å²) in [6, 6.07) is 18.2. The van der Waals surface area contributed by atoms with Gasteiger partial charge in [-0.3, -0.25) is 4.79 Å². The second-order valence-electron chi connectivity index (χ2n) is 10.9. The second kappa shape index (κ2) is 17.0. The number of benzene rings is 2. The van der Waals surface area contributed by atoms with Gasteiger partial charge in [-0.2, -0.15) is 0 Å². The predicted octanol–water partition coefficient (Wildman–Crippen LogP) is 8.39. The summed E-state index contributed by atoms with van der Waals surface area (Å²) < 4.78 is 17.0. The van der Waals surface area contributed by atoms with Gasteiger partial charge in [0.15, 0.2) is 0 Å². The second-order valence-corrected chi connectivity index (χ2v) is 12.0. The van der Waals surface area contributed by atoms with Gasteiger partial charge in [0.05, 0.1) is 6.61 Å². The van der Waals surface area contributed by atoms with Gasteiger partial charge in [-0.25, -0.2) is 4.79 Å². The molecule has 40 heavy (non-hydrogen) atoms. The number of carbonyl (C=O) groups is 2. The van der Waals surface area contributed by atoms with Crippen molar-refractivity contribution in [3.63, 3.8) is 0 Å². The standard InChI is InChI=1S/C34H46O5S/c1-23(2)32(24(3)4)33(25(5)6)27-16-18-28(19-17-27)38-21-29(22-40-30-13-10-9-11-14-30)39-31(35)15-12-20-37-34(36)26(7)8/h9-11,13-14,16-19,23-25,29H,7,12,15,20-22H2,1-6,8H3. The van der Waals surface area contributed by atoms with Crippen LogP contribution in [0.3, 0.4) is 0 Å². The average Bonchev–Trinajstić information content (AvgIpc) is 2.91. The van der Waals surface area contributed by atoms with Crippen LogP contribution in [0.1, 0.15) is 66.9 Å². The maximum absolute atomic E-state index is 12.6. The lowest BCUT2D eigenvalue weighted by atomic mass is 9.81. The highest BCUT2D eigenvalue weighted by Crippen LogP contribution is 2.35. The molecule has 0 radical (unpaired) electrons. The van der Waals surface area contributed by atoms with Crippen molar-refractivity contribution in [1.29, 1.82) is 0 Å². The number of ether oxygens (including phenoxy) is 3. The molecule has 1 unspecified atom stereocenters. The Morgan fingerprint density at radius 1 is 0.875 bits per heavy atom. The highest BCUT2D eigenvalue weighted by Gasteiger charge is 2.20. The fraction of sp³-hybridized carbons (Fsp3) is 0.471. The summed E-state index contributed by atoms with van der Waals surface area (Å²) in [7, 11) is 0. The minimum Gasteiger partial charge on any atom is -0.490 e. The van der Waals surface area contributed by atoms with E-state index in [0.29, 0.717) is 35.5 Å². The Labute approximate surface area is 245 Å². The third kappa shape index (κ3) is 11.2. The third-order valence-corrected chi connectivity index (χ3v) is 7.46. The summed E-state index contributed by atoms with van der Waals surface area (Å²) >= 11 is 1.62. The van der Waals surface area contributed by atoms with Crippen LogP contribution in [0.5, 0.6) is 5.75 Å². The number of esters is 2. The van der Waals surface area contributed by atoms with E-state index in [1.807, 2.05) is 42.5 Å². The number of hydrogen-bond acceptors (Lipinski definition) is 6. The first kappa shape index (κ1) is 33.2. The number of thioether (sulfide) groups is 1. The van der Waals surface area contributed by atoms with Gasteiger partial charge < -0.3 is 14.2 Å². The molecule has 0 aliphatic heterocycles. The lowest BCUT2D eigenvalue weighted by Crippen LogP contribution is -2.27. The molecule has 0 fully saturated rings. The van der Waals surface area contributed by atoms with Crippen LogP contribution in [0.25, 0.3) is 5.57 Å². The van der Waals surface area contributed by atoms with Gasteiger partial charge in [0.25, 0.3) is 0 Å². The van der Waals surface area contributed by atoms with Crippen LogP contribution < -0.4 is 4.74 Å². The van der Waals surface area contributed by atoms with Gasteiger partial charge in [-0.15, -0.1) is 11.8 Å². The lowest BCUT2D eigenvalue weighted by molar-refractivity contribution is -0.150. The van der Waals surface area contributed by atoms with E-state index in [2.05, 4.69) is 60.3 Å². The zero-order chi connectivity index (χ0) is 29.7. The molecule has 2 aromatic carbocycles. The van der Waals surface area contributed by atoms with Gasteiger partial charge >= 0.3 is 11.9 Å². The van der Waals surface area contributed by atoms with E-state index in [9.17, 15) is 9.59 Å². The molecule has 5 nitrogen and oxygen atoms in total. The molecule has 0 amide bonds. The number of hydrogen-bond donors (Lipinski definition) is 0. The van der Waals surface area contributed by atoms with Crippen molar-refractivity contribution in [3.05, 3.63) is 77.9 Å². The van der Waals surface area contributed by atoms with Crippen LogP contribution in [-0.4, -0.2) is 37.0 Å². The summed E-state index contributed by atoms with van der Waals surface area (Å²) in [4.78, 5) is 25.2. The fourth-order valence-electron chi connectivity index (χ4n) is 4.61. The Hall–Kier alpha value is -2.99. The van der Waals surface area contributed by atoms with Gasteiger partial charge in [0.2, 0.25) is 0 Å². The normalized spacial score (nSPS) is 11.8. The van der Waals surface area contributed by atoms with Crippen LogP contribution in [0.15, 0.2) is 77.2 Å². The largest absolute Gasteiger partial charge is 0.490 e. The average molecular weight is 567 g/mol. The van der Waals surface area contributed by atoms with E-state index in [1.54, 1.807) is 18.7 Å². The van der Waals surface area contributed by atoms with E-state index in [1.165, 1.54) is 16.7 Å². The van der Waals surface area contributed by atoms with E-state index >= 15 is 0 Å². The minimum absolute atomic E-state index is 0.148. The predicted molar refractivity (Wildman–Crippen MR) is 165 cm³/mol. The molecule has 2 aromatic rings. The van der Waals surface area contributed by atoms with Crippen molar-refractivity contribution in [2.75, 3.05) is 19.0 Å². The van der Waals surface area contributed by atoms with Gasteiger partial charge in [0.1, 0.15) is 18.5 Å². The number of allylic oxidation sites excluding steroid dienone is 2. The highest BCUT2D eigenvalue weighted by atomic mass is 32.2. The molecule has 0 aromatic heterocycles. The molecule has 0 saturated carbocycles. The van der Waals surface area contributed by atoms with Crippen molar-refractivity contribution >= 4 is 29.3 Å². The first-order valence-electron chi connectivity index (χ1n) is 14.2. The summed E-state index contributed by atoms with van der Waals surface area (Å²) in [6.07, 6.45) is 0.109. The van der Waals surface area contributed by atoms with Crippen molar-refractivity contribution in [2.24, 2.45) is 17.8 Å². The van der Waals surface area contributed by atoms with E-state index in [4.69, 9.17) is 14.2 Å². The van der Waals surface area contributed by atoms with Crippen LogP contribution in [0.2, 0.25) is 0 Å². The van der Waals surface area contributed by atoms with E-state index in [0.717, 1.165) is 10.6 Å². The zero-order valence-corrected chi connectivity index (χ0v) is 26.0. The molecule has 0 saturated heterocycles. The molecule has 0 N–H and O–H groups in total. The molecular weight excluding hydrogens is 520 g/mol. The van der Waals surface area contributed by atoms with E-state index < -0.39 is 12.1 Å². The van der Waals surface area contributed by atoms with Crippen LogP contribution in [0, 0.1) is 17.8 Å². The van der Waals surface area contributed by atoms with Crippen molar-refractivity contribution in [2.45, 2.75) is 72.3 Å². The Balaban J connectivity index is 2.06. The van der Waals surface area contributed by atoms with Crippen molar-refractivity contribution < 1.29 is 23.8 Å². The van der Waals surface area contributed by atoms with E-state index in [-0.39, 0.29) is 25.6 Å². The minimum atomic E-state index is -0.453. The monoisotopic (exact) mass is 566 g/mol. The smallest absolute Gasteiger partial charge is 0.333 e. The Morgan fingerprint density at radius 2 is 1.50 bits per heavy atom. The molecule has 0 aliphatic rings. The SMILES string of the molecule is C=C(C)C(=O)OCCCC(=O)OC(COc1ccc(C(=C(C(C)C)C(C)C)C(C)C)cc1)CSc1ccccc1. The molecule has 0 aliphatic carbocycles. The van der Waals surface area contributed by atoms with Crippen LogP contribution in [0.4, 0.5) is 0 Å². The molecule has 0 bridgehead atoms. The molecule has 0 heterocycles. The Kier molecular flexibility index (Phi) is 14.1. The number of rotatable bonds is 16. The third-order valence-electron chi connectivity index (χ3n) is 6.32. The topological polar surface area (TPSA) is 61.8 Å². The molecular formula is C34H46O5S. The quantitative estimate of drug-likeness (QED) is 0.0880. The van der Waals surface area contributed by atoms with Crippen LogP contribution in [-0.2, 0) is 19.1 Å².